The van der Waals surface area contributed by atoms with E-state index in [1.165, 1.54) is 0 Å². The first-order chi connectivity index (χ1) is 8.07. The number of methoxy groups -OCH3 is 1. The molecule has 1 aliphatic rings. The predicted octanol–water partition coefficient (Wildman–Crippen LogP) is 2.03. The van der Waals surface area contributed by atoms with E-state index in [2.05, 4.69) is 0 Å². The molecule has 0 radical (unpaired) electrons. The summed E-state index contributed by atoms with van der Waals surface area (Å²) in [5.74, 6) is 0.734. The quantitative estimate of drug-likeness (QED) is 0.839. The number of nitrogens with two attached hydrogens (primary N) is 1. The van der Waals surface area contributed by atoms with Crippen molar-refractivity contribution < 1.29 is 9.84 Å². The van der Waals surface area contributed by atoms with Gasteiger partial charge < -0.3 is 15.6 Å². The van der Waals surface area contributed by atoms with Crippen LogP contribution >= 0.6 is 0 Å². The number of rotatable bonds is 4. The van der Waals surface area contributed by atoms with Crippen LogP contribution in [0.2, 0.25) is 0 Å². The molecule has 3 heteroatoms. The molecular formula is C14H21NO2. The smallest absolute Gasteiger partial charge is 0.124 e. The molecule has 1 aromatic rings. The first-order valence-corrected chi connectivity index (χ1v) is 6.13. The summed E-state index contributed by atoms with van der Waals surface area (Å²) in [7, 11) is 1.63. The van der Waals surface area contributed by atoms with Gasteiger partial charge in [-0.3, -0.25) is 0 Å². The molecule has 1 atom stereocenters. The maximum atomic E-state index is 10.9. The van der Waals surface area contributed by atoms with E-state index < -0.39 is 5.60 Å². The summed E-state index contributed by atoms with van der Waals surface area (Å²) in [5, 5.41) is 10.9. The van der Waals surface area contributed by atoms with Crippen molar-refractivity contribution >= 4 is 0 Å². The highest BCUT2D eigenvalue weighted by Crippen LogP contribution is 2.54. The molecule has 1 fully saturated rings. The van der Waals surface area contributed by atoms with Gasteiger partial charge in [0.05, 0.1) is 12.7 Å². The van der Waals surface area contributed by atoms with Crippen LogP contribution < -0.4 is 10.5 Å². The van der Waals surface area contributed by atoms with Crippen LogP contribution in [-0.4, -0.2) is 18.8 Å². The average molecular weight is 235 g/mol. The lowest BCUT2D eigenvalue weighted by molar-refractivity contribution is -0.117. The lowest BCUT2D eigenvalue weighted by Gasteiger charge is -2.51. The normalized spacial score (nSPS) is 21.4. The molecule has 2 rings (SSSR count). The van der Waals surface area contributed by atoms with Gasteiger partial charge in [-0.25, -0.2) is 0 Å². The summed E-state index contributed by atoms with van der Waals surface area (Å²) >= 11 is 0. The van der Waals surface area contributed by atoms with Crippen molar-refractivity contribution in [3.63, 3.8) is 0 Å². The maximum Gasteiger partial charge on any atom is 0.124 e. The fourth-order valence-corrected chi connectivity index (χ4v) is 2.83. The Morgan fingerprint density at radius 3 is 2.53 bits per heavy atom. The van der Waals surface area contributed by atoms with Crippen LogP contribution in [0.25, 0.3) is 0 Å². The standard InChI is InChI=1S/C14H21NO2/c1-13(16,14(10-15)8-5-9-14)11-6-3-4-7-12(11)17-2/h3-4,6-7,16H,5,8-10,15H2,1-2H3. The van der Waals surface area contributed by atoms with Crippen LogP contribution in [-0.2, 0) is 5.60 Å². The van der Waals surface area contributed by atoms with Gasteiger partial charge in [-0.2, -0.15) is 0 Å². The van der Waals surface area contributed by atoms with E-state index in [0.717, 1.165) is 30.6 Å². The first-order valence-electron chi connectivity index (χ1n) is 6.13. The van der Waals surface area contributed by atoms with Crippen LogP contribution in [0.15, 0.2) is 24.3 Å². The van der Waals surface area contributed by atoms with Crippen molar-refractivity contribution in [1.82, 2.24) is 0 Å². The molecule has 0 aliphatic heterocycles. The highest BCUT2D eigenvalue weighted by molar-refractivity contribution is 5.39. The van der Waals surface area contributed by atoms with Gasteiger partial charge in [0.25, 0.3) is 0 Å². The molecule has 1 saturated carbocycles. The van der Waals surface area contributed by atoms with Crippen LogP contribution in [0, 0.1) is 5.41 Å². The van der Waals surface area contributed by atoms with E-state index in [0.29, 0.717) is 6.54 Å². The second-order valence-corrected chi connectivity index (χ2v) is 5.11. The summed E-state index contributed by atoms with van der Waals surface area (Å²) in [6.45, 7) is 2.37. The molecule has 17 heavy (non-hydrogen) atoms. The Bertz CT molecular complexity index is 391. The SMILES string of the molecule is COc1ccccc1C(C)(O)C1(CN)CCC1. The number of hydrogen-bond acceptors (Lipinski definition) is 3. The molecule has 0 spiro atoms. The zero-order chi connectivity index (χ0) is 12.5. The molecule has 3 nitrogen and oxygen atoms in total. The van der Waals surface area contributed by atoms with Gasteiger partial charge in [0.1, 0.15) is 5.75 Å². The highest BCUT2D eigenvalue weighted by Gasteiger charge is 2.52. The zero-order valence-corrected chi connectivity index (χ0v) is 10.6. The molecule has 0 heterocycles. The molecule has 0 amide bonds. The van der Waals surface area contributed by atoms with E-state index in [4.69, 9.17) is 10.5 Å². The molecule has 0 saturated heterocycles. The Morgan fingerprint density at radius 2 is 2.06 bits per heavy atom. The van der Waals surface area contributed by atoms with Gasteiger partial charge in [0, 0.05) is 17.5 Å². The summed E-state index contributed by atoms with van der Waals surface area (Å²) in [6, 6.07) is 7.64. The molecule has 94 valence electrons. The number of hydrogen-bond donors (Lipinski definition) is 2. The Hall–Kier alpha value is -1.06. The summed E-state index contributed by atoms with van der Waals surface area (Å²) < 4.78 is 5.34. The average Bonchev–Trinajstić information content (AvgIpc) is 2.28. The second-order valence-electron chi connectivity index (χ2n) is 5.11. The summed E-state index contributed by atoms with van der Waals surface area (Å²) in [6.07, 6.45) is 3.10. The third-order valence-corrected chi connectivity index (χ3v) is 4.37. The maximum absolute atomic E-state index is 10.9. The van der Waals surface area contributed by atoms with Crippen LogP contribution in [0.3, 0.4) is 0 Å². The van der Waals surface area contributed by atoms with Crippen molar-refractivity contribution in [3.05, 3.63) is 29.8 Å². The fraction of sp³-hybridized carbons (Fsp3) is 0.571. The minimum Gasteiger partial charge on any atom is -0.496 e. The third-order valence-electron chi connectivity index (χ3n) is 4.37. The molecular weight excluding hydrogens is 214 g/mol. The van der Waals surface area contributed by atoms with Gasteiger partial charge in [-0.15, -0.1) is 0 Å². The van der Waals surface area contributed by atoms with Crippen molar-refractivity contribution in [3.8, 4) is 5.75 Å². The largest absolute Gasteiger partial charge is 0.496 e. The molecule has 1 unspecified atom stereocenters. The molecule has 3 N–H and O–H groups in total. The molecule has 0 bridgehead atoms. The van der Waals surface area contributed by atoms with Crippen LogP contribution in [0.1, 0.15) is 31.7 Å². The van der Waals surface area contributed by atoms with Crippen molar-refractivity contribution in [1.29, 1.82) is 0 Å². The van der Waals surface area contributed by atoms with E-state index in [9.17, 15) is 5.11 Å². The van der Waals surface area contributed by atoms with Gasteiger partial charge >= 0.3 is 0 Å². The number of para-hydroxylation sites is 1. The van der Waals surface area contributed by atoms with Crippen molar-refractivity contribution in [2.75, 3.05) is 13.7 Å². The van der Waals surface area contributed by atoms with Crippen molar-refractivity contribution in [2.45, 2.75) is 31.8 Å². The lowest BCUT2D eigenvalue weighted by Crippen LogP contribution is -2.53. The first kappa shape index (κ1) is 12.4. The van der Waals surface area contributed by atoms with E-state index >= 15 is 0 Å². The fourth-order valence-electron chi connectivity index (χ4n) is 2.83. The second kappa shape index (κ2) is 4.31. The monoisotopic (exact) mass is 235 g/mol. The highest BCUT2D eigenvalue weighted by atomic mass is 16.5. The van der Waals surface area contributed by atoms with Gasteiger partial charge in [0.2, 0.25) is 0 Å². The molecule has 1 aliphatic carbocycles. The molecule has 1 aromatic carbocycles. The zero-order valence-electron chi connectivity index (χ0n) is 10.6. The topological polar surface area (TPSA) is 55.5 Å². The van der Waals surface area contributed by atoms with Crippen LogP contribution in [0.5, 0.6) is 5.75 Å². The number of ether oxygens (including phenoxy) is 1. The lowest BCUT2D eigenvalue weighted by atomic mass is 9.57. The Morgan fingerprint density at radius 1 is 1.41 bits per heavy atom. The Labute approximate surface area is 103 Å². The Kier molecular flexibility index (Phi) is 3.15. The Balaban J connectivity index is 2.43. The van der Waals surface area contributed by atoms with Crippen LogP contribution in [0.4, 0.5) is 0 Å². The minimum absolute atomic E-state index is 0.193. The van der Waals surface area contributed by atoms with Gasteiger partial charge in [-0.1, -0.05) is 24.6 Å². The van der Waals surface area contributed by atoms with Crippen molar-refractivity contribution in [2.24, 2.45) is 11.1 Å². The third kappa shape index (κ3) is 1.74. The number of aliphatic hydroxyl groups is 1. The van der Waals surface area contributed by atoms with E-state index in [1.54, 1.807) is 7.11 Å². The van der Waals surface area contributed by atoms with Gasteiger partial charge in [0.15, 0.2) is 0 Å². The summed E-state index contributed by atoms with van der Waals surface area (Å²) in [5.41, 5.74) is 5.61. The van der Waals surface area contributed by atoms with E-state index in [1.807, 2.05) is 31.2 Å². The van der Waals surface area contributed by atoms with Gasteiger partial charge in [-0.05, 0) is 25.8 Å². The molecule has 0 aromatic heterocycles. The van der Waals surface area contributed by atoms with E-state index in [-0.39, 0.29) is 5.41 Å². The number of benzene rings is 1. The predicted molar refractivity (Wildman–Crippen MR) is 67.9 cm³/mol. The summed E-state index contributed by atoms with van der Waals surface area (Å²) in [4.78, 5) is 0. The minimum atomic E-state index is -0.924.